The van der Waals surface area contributed by atoms with Gasteiger partial charge < -0.3 is 9.63 Å². The van der Waals surface area contributed by atoms with Crippen molar-refractivity contribution in [2.24, 2.45) is 0 Å². The van der Waals surface area contributed by atoms with Gasteiger partial charge in [-0.2, -0.15) is 0 Å². The van der Waals surface area contributed by atoms with Gasteiger partial charge in [0.05, 0.1) is 5.69 Å². The summed E-state index contributed by atoms with van der Waals surface area (Å²) in [4.78, 5) is 11.8. The van der Waals surface area contributed by atoms with Crippen LogP contribution in [-0.4, -0.2) is 47.4 Å². The molecule has 2 aromatic rings. The number of aliphatic hydroxyl groups excluding tert-OH is 1. The highest BCUT2D eigenvalue weighted by Gasteiger charge is 2.43. The fraction of sp³-hybridized carbons (Fsp3) is 0.368. The molecule has 150 valence electrons. The molecule has 1 amide bonds. The van der Waals surface area contributed by atoms with Gasteiger partial charge in [0.15, 0.2) is 9.84 Å². The van der Waals surface area contributed by atoms with E-state index in [9.17, 15) is 13.2 Å². The molecular formula is C19H22N2O6S. The predicted molar refractivity (Wildman–Crippen MR) is 101 cm³/mol. The molecule has 1 aromatic heterocycles. The number of hydrogen-bond acceptors (Lipinski definition) is 7. The van der Waals surface area contributed by atoms with Crippen LogP contribution < -0.4 is 5.48 Å². The summed E-state index contributed by atoms with van der Waals surface area (Å²) in [7, 11) is -3.77. The Bertz CT molecular complexity index is 985. The zero-order valence-corrected chi connectivity index (χ0v) is 16.4. The maximum Gasteiger partial charge on any atom is 0.264 e. The second-order valence-electron chi connectivity index (χ2n) is 6.55. The molecular weight excluding hydrogens is 384 g/mol. The highest BCUT2D eigenvalue weighted by Crippen LogP contribution is 2.23. The first kappa shape index (κ1) is 21.6. The number of hydrogen-bond donors (Lipinski definition) is 3. The molecule has 0 aliphatic heterocycles. The fourth-order valence-corrected chi connectivity index (χ4v) is 3.31. The van der Waals surface area contributed by atoms with Crippen molar-refractivity contribution in [3.63, 3.8) is 0 Å². The summed E-state index contributed by atoms with van der Waals surface area (Å²) in [6.07, 6.45) is 1.59. The van der Waals surface area contributed by atoms with Crippen LogP contribution in [0.2, 0.25) is 0 Å². The number of carbonyl (C=O) groups excluding carboxylic acids is 1. The van der Waals surface area contributed by atoms with E-state index in [1.165, 1.54) is 12.4 Å². The third-order valence-electron chi connectivity index (χ3n) is 4.50. The lowest BCUT2D eigenvalue weighted by Crippen LogP contribution is -2.49. The number of nitrogens with one attached hydrogen (secondary N) is 1. The Hall–Kier alpha value is -2.67. The smallest absolute Gasteiger partial charge is 0.264 e. The summed E-state index contributed by atoms with van der Waals surface area (Å²) in [5, 5.41) is 21.6. The quantitative estimate of drug-likeness (QED) is 0.353. The van der Waals surface area contributed by atoms with Crippen LogP contribution in [0.25, 0.3) is 0 Å². The van der Waals surface area contributed by atoms with E-state index < -0.39 is 20.5 Å². The lowest BCUT2D eigenvalue weighted by atomic mass is 10.0. The zero-order valence-electron chi connectivity index (χ0n) is 15.6. The lowest BCUT2D eigenvalue weighted by Gasteiger charge is -2.24. The van der Waals surface area contributed by atoms with Crippen LogP contribution in [0.4, 0.5) is 0 Å². The van der Waals surface area contributed by atoms with Crippen LogP contribution in [0.15, 0.2) is 34.9 Å². The van der Waals surface area contributed by atoms with E-state index >= 15 is 0 Å². The Morgan fingerprint density at radius 2 is 1.93 bits per heavy atom. The van der Waals surface area contributed by atoms with Crippen molar-refractivity contribution < 1.29 is 28.0 Å². The summed E-state index contributed by atoms with van der Waals surface area (Å²) in [5.74, 6) is 5.07. The molecule has 1 unspecified atom stereocenters. The van der Waals surface area contributed by atoms with Gasteiger partial charge in [-0.1, -0.05) is 23.2 Å². The Kier molecular flexibility index (Phi) is 6.96. The molecule has 1 heterocycles. The molecule has 0 aliphatic carbocycles. The maximum atomic E-state index is 12.0. The van der Waals surface area contributed by atoms with Crippen molar-refractivity contribution in [1.82, 2.24) is 10.6 Å². The van der Waals surface area contributed by atoms with Crippen molar-refractivity contribution in [2.45, 2.75) is 30.9 Å². The number of rotatable bonds is 7. The molecule has 28 heavy (non-hydrogen) atoms. The molecule has 0 aliphatic rings. The average molecular weight is 406 g/mol. The number of aliphatic hydroxyl groups is 1. The maximum absolute atomic E-state index is 12.0. The SMILES string of the molecule is CC(CCc1cc(C#Cc2ccc(CCO)cc2)on1)(C(=O)NO)S(C)(=O)=O. The van der Waals surface area contributed by atoms with E-state index in [1.54, 1.807) is 6.07 Å². The number of benzene rings is 1. The number of hydroxylamine groups is 1. The van der Waals surface area contributed by atoms with Gasteiger partial charge >= 0.3 is 0 Å². The molecule has 2 rings (SSSR count). The minimum absolute atomic E-state index is 0.0794. The summed E-state index contributed by atoms with van der Waals surface area (Å²) >= 11 is 0. The van der Waals surface area contributed by atoms with Crippen LogP contribution in [-0.2, 0) is 27.5 Å². The molecule has 9 heteroatoms. The standard InChI is InChI=1S/C19H22N2O6S/c1-19(18(23)20-24,28(2,25)26)11-9-16-13-17(27-21-16)8-7-14-3-5-15(6-4-14)10-12-22/h3-6,13,22,24H,9-12H2,1-2H3,(H,20,23). The van der Waals surface area contributed by atoms with E-state index in [0.717, 1.165) is 17.4 Å². The number of amides is 1. The molecule has 0 spiro atoms. The van der Waals surface area contributed by atoms with Gasteiger partial charge in [-0.3, -0.25) is 10.0 Å². The second kappa shape index (κ2) is 9.01. The number of carbonyl (C=O) groups is 1. The van der Waals surface area contributed by atoms with E-state index in [-0.39, 0.29) is 19.4 Å². The topological polar surface area (TPSA) is 130 Å². The summed E-state index contributed by atoms with van der Waals surface area (Å²) in [5.41, 5.74) is 3.63. The van der Waals surface area contributed by atoms with Gasteiger partial charge in [0.2, 0.25) is 5.76 Å². The van der Waals surface area contributed by atoms with Gasteiger partial charge in [-0.25, -0.2) is 13.9 Å². The molecule has 8 nitrogen and oxygen atoms in total. The van der Waals surface area contributed by atoms with E-state index in [0.29, 0.717) is 17.9 Å². The molecule has 0 saturated carbocycles. The van der Waals surface area contributed by atoms with Crippen molar-refractivity contribution in [3.05, 3.63) is 52.9 Å². The van der Waals surface area contributed by atoms with Gasteiger partial charge in [0.1, 0.15) is 4.75 Å². The molecule has 1 aromatic carbocycles. The number of aryl methyl sites for hydroxylation is 1. The first-order chi connectivity index (χ1) is 13.2. The average Bonchev–Trinajstić information content (AvgIpc) is 3.12. The highest BCUT2D eigenvalue weighted by molar-refractivity contribution is 7.92. The normalized spacial score (nSPS) is 13.3. The second-order valence-corrected chi connectivity index (χ2v) is 8.99. The predicted octanol–water partition coefficient (Wildman–Crippen LogP) is 0.851. The van der Waals surface area contributed by atoms with Crippen molar-refractivity contribution in [2.75, 3.05) is 12.9 Å². The summed E-state index contributed by atoms with van der Waals surface area (Å²) in [6.45, 7) is 1.33. The van der Waals surface area contributed by atoms with Crippen LogP contribution in [0.1, 0.15) is 35.9 Å². The molecule has 0 saturated heterocycles. The first-order valence-electron chi connectivity index (χ1n) is 8.51. The Morgan fingerprint density at radius 1 is 1.25 bits per heavy atom. The molecule has 0 bridgehead atoms. The Morgan fingerprint density at radius 3 is 2.50 bits per heavy atom. The molecule has 0 fully saturated rings. The van der Waals surface area contributed by atoms with Gasteiger partial charge in [0, 0.05) is 24.5 Å². The van der Waals surface area contributed by atoms with Crippen LogP contribution >= 0.6 is 0 Å². The number of nitrogens with zero attached hydrogens (tertiary/aromatic N) is 1. The van der Waals surface area contributed by atoms with Gasteiger partial charge in [-0.05, 0) is 49.8 Å². The van der Waals surface area contributed by atoms with Crippen LogP contribution in [0, 0.1) is 11.8 Å². The minimum atomic E-state index is -3.77. The van der Waals surface area contributed by atoms with E-state index in [2.05, 4.69) is 17.0 Å². The molecule has 3 N–H and O–H groups in total. The van der Waals surface area contributed by atoms with Gasteiger partial charge in [-0.15, -0.1) is 0 Å². The molecule has 1 atom stereocenters. The third-order valence-corrected chi connectivity index (χ3v) is 6.53. The van der Waals surface area contributed by atoms with Crippen molar-refractivity contribution >= 4 is 15.7 Å². The fourth-order valence-electron chi connectivity index (χ4n) is 2.46. The van der Waals surface area contributed by atoms with Gasteiger partial charge in [0.25, 0.3) is 5.91 Å². The largest absolute Gasteiger partial charge is 0.396 e. The summed E-state index contributed by atoms with van der Waals surface area (Å²) in [6, 6.07) is 9.00. The third kappa shape index (κ3) is 5.19. The van der Waals surface area contributed by atoms with Crippen molar-refractivity contribution in [1.29, 1.82) is 0 Å². The summed E-state index contributed by atoms with van der Waals surface area (Å²) < 4.78 is 27.2. The monoisotopic (exact) mass is 406 g/mol. The number of sulfone groups is 1. The Balaban J connectivity index is 2.07. The molecule has 0 radical (unpaired) electrons. The lowest BCUT2D eigenvalue weighted by molar-refractivity contribution is -0.131. The zero-order chi connectivity index (χ0) is 20.8. The minimum Gasteiger partial charge on any atom is -0.396 e. The number of aromatic nitrogens is 1. The van der Waals surface area contributed by atoms with E-state index in [1.807, 2.05) is 24.3 Å². The van der Waals surface area contributed by atoms with Crippen molar-refractivity contribution in [3.8, 4) is 11.8 Å². The first-order valence-corrected chi connectivity index (χ1v) is 10.4. The van der Waals surface area contributed by atoms with Crippen LogP contribution in [0.5, 0.6) is 0 Å². The van der Waals surface area contributed by atoms with E-state index in [4.69, 9.17) is 14.8 Å². The highest BCUT2D eigenvalue weighted by atomic mass is 32.2. The van der Waals surface area contributed by atoms with Crippen LogP contribution in [0.3, 0.4) is 0 Å². The Labute approximate surface area is 163 Å².